The summed E-state index contributed by atoms with van der Waals surface area (Å²) in [6.07, 6.45) is 0. The summed E-state index contributed by atoms with van der Waals surface area (Å²) >= 11 is 1.42. The summed E-state index contributed by atoms with van der Waals surface area (Å²) in [7, 11) is 0. The number of aromatic nitrogens is 1. The molecule has 5 nitrogen and oxygen atoms in total. The molecule has 0 spiro atoms. The maximum atomic E-state index is 11.7. The fourth-order valence-corrected chi connectivity index (χ4v) is 2.18. The van der Waals surface area contributed by atoms with E-state index in [4.69, 9.17) is 0 Å². The minimum absolute atomic E-state index is 0.105. The molecule has 0 bridgehead atoms. The van der Waals surface area contributed by atoms with Crippen LogP contribution in [0.2, 0.25) is 0 Å². The number of aryl methyl sites for hydroxylation is 2. The fourth-order valence-electron chi connectivity index (χ4n) is 1.37. The predicted octanol–water partition coefficient (Wildman–Crippen LogP) is 3.11. The number of urea groups is 1. The first kappa shape index (κ1) is 12.4. The van der Waals surface area contributed by atoms with Gasteiger partial charge in [-0.2, -0.15) is 0 Å². The Balaban J connectivity index is 2.01. The summed E-state index contributed by atoms with van der Waals surface area (Å²) in [6.45, 7) is 3.84. The lowest BCUT2D eigenvalue weighted by atomic mass is 10.3. The van der Waals surface area contributed by atoms with E-state index in [1.165, 1.54) is 23.5 Å². The molecule has 1 heterocycles. The molecule has 0 saturated carbocycles. The Morgan fingerprint density at radius 3 is 2.72 bits per heavy atom. The van der Waals surface area contributed by atoms with Gasteiger partial charge >= 0.3 is 6.03 Å². The third-order valence-corrected chi connectivity index (χ3v) is 3.34. The Hall–Kier alpha value is -2.08. The first-order chi connectivity index (χ1) is 8.54. The van der Waals surface area contributed by atoms with Gasteiger partial charge in [0, 0.05) is 16.6 Å². The van der Waals surface area contributed by atoms with Crippen LogP contribution < -0.4 is 10.6 Å². The van der Waals surface area contributed by atoms with Gasteiger partial charge in [0.2, 0.25) is 0 Å². The first-order valence-electron chi connectivity index (χ1n) is 5.35. The van der Waals surface area contributed by atoms with E-state index in [0.717, 1.165) is 10.6 Å². The number of benzene rings is 1. The SMILES string of the molecule is Cc1nc(NC(=O)Nc2cccc(O)c2)sc1C. The predicted molar refractivity (Wildman–Crippen MR) is 72.3 cm³/mol. The number of nitrogens with zero attached hydrogens (tertiary/aromatic N) is 1. The molecule has 0 aliphatic carbocycles. The third kappa shape index (κ3) is 2.98. The fraction of sp³-hybridized carbons (Fsp3) is 0.167. The number of amides is 2. The number of aromatic hydroxyl groups is 1. The van der Waals surface area contributed by atoms with Crippen molar-refractivity contribution in [1.29, 1.82) is 0 Å². The average molecular weight is 263 g/mol. The topological polar surface area (TPSA) is 74.2 Å². The van der Waals surface area contributed by atoms with E-state index in [1.807, 2.05) is 13.8 Å². The Morgan fingerprint density at radius 1 is 1.33 bits per heavy atom. The first-order valence-corrected chi connectivity index (χ1v) is 6.17. The zero-order valence-corrected chi connectivity index (χ0v) is 10.8. The van der Waals surface area contributed by atoms with E-state index in [9.17, 15) is 9.90 Å². The number of thiazole rings is 1. The average Bonchev–Trinajstić information content (AvgIpc) is 2.57. The number of phenols is 1. The summed E-state index contributed by atoms with van der Waals surface area (Å²) in [5.74, 6) is 0.105. The maximum absolute atomic E-state index is 11.7. The minimum atomic E-state index is -0.380. The number of nitrogens with one attached hydrogen (secondary N) is 2. The van der Waals surface area contributed by atoms with Crippen molar-refractivity contribution in [2.75, 3.05) is 10.6 Å². The van der Waals surface area contributed by atoms with Crippen LogP contribution in [0.15, 0.2) is 24.3 Å². The summed E-state index contributed by atoms with van der Waals surface area (Å²) in [6, 6.07) is 5.98. The Bertz CT molecular complexity index is 561. The van der Waals surface area contributed by atoms with Gasteiger partial charge in [-0.3, -0.25) is 5.32 Å². The molecule has 3 N–H and O–H groups in total. The molecule has 1 aromatic carbocycles. The van der Waals surface area contributed by atoms with Gasteiger partial charge in [0.25, 0.3) is 0 Å². The van der Waals surface area contributed by atoms with E-state index >= 15 is 0 Å². The number of hydrogen-bond acceptors (Lipinski definition) is 4. The lowest BCUT2D eigenvalue weighted by molar-refractivity contribution is 0.262. The van der Waals surface area contributed by atoms with Crippen molar-refractivity contribution in [3.63, 3.8) is 0 Å². The van der Waals surface area contributed by atoms with E-state index in [1.54, 1.807) is 12.1 Å². The number of hydrogen-bond donors (Lipinski definition) is 3. The largest absolute Gasteiger partial charge is 0.508 e. The number of carbonyl (C=O) groups is 1. The second kappa shape index (κ2) is 5.05. The highest BCUT2D eigenvalue weighted by Gasteiger charge is 2.07. The lowest BCUT2D eigenvalue weighted by Gasteiger charge is -2.05. The van der Waals surface area contributed by atoms with Crippen molar-refractivity contribution in [3.8, 4) is 5.75 Å². The molecule has 18 heavy (non-hydrogen) atoms. The van der Waals surface area contributed by atoms with Gasteiger partial charge in [0.15, 0.2) is 5.13 Å². The zero-order chi connectivity index (χ0) is 13.1. The van der Waals surface area contributed by atoms with Gasteiger partial charge in [0.05, 0.1) is 5.69 Å². The standard InChI is InChI=1S/C12H13N3O2S/c1-7-8(2)18-12(13-7)15-11(17)14-9-4-3-5-10(16)6-9/h3-6,16H,1-2H3,(H2,13,14,15,17). The molecule has 2 amide bonds. The van der Waals surface area contributed by atoms with Gasteiger partial charge in [-0.25, -0.2) is 9.78 Å². The van der Waals surface area contributed by atoms with Crippen LogP contribution in [0.1, 0.15) is 10.6 Å². The monoisotopic (exact) mass is 263 g/mol. The summed E-state index contributed by atoms with van der Waals surface area (Å²) < 4.78 is 0. The van der Waals surface area contributed by atoms with Crippen LogP contribution in [0.3, 0.4) is 0 Å². The molecule has 94 valence electrons. The lowest BCUT2D eigenvalue weighted by Crippen LogP contribution is -2.19. The highest BCUT2D eigenvalue weighted by atomic mass is 32.1. The number of anilines is 2. The van der Waals surface area contributed by atoms with Crippen molar-refractivity contribution in [1.82, 2.24) is 4.98 Å². The van der Waals surface area contributed by atoms with Crippen LogP contribution >= 0.6 is 11.3 Å². The zero-order valence-electron chi connectivity index (χ0n) is 10.0. The molecule has 6 heteroatoms. The molecular formula is C12H13N3O2S. The van der Waals surface area contributed by atoms with Crippen molar-refractivity contribution in [3.05, 3.63) is 34.8 Å². The summed E-state index contributed by atoms with van der Waals surface area (Å²) in [5, 5.41) is 15.1. The van der Waals surface area contributed by atoms with E-state index in [2.05, 4.69) is 15.6 Å². The highest BCUT2D eigenvalue weighted by molar-refractivity contribution is 7.15. The summed E-state index contributed by atoms with van der Waals surface area (Å²) in [4.78, 5) is 17.0. The smallest absolute Gasteiger partial charge is 0.325 e. The van der Waals surface area contributed by atoms with Crippen LogP contribution in [-0.2, 0) is 0 Å². The van der Waals surface area contributed by atoms with Crippen molar-refractivity contribution in [2.45, 2.75) is 13.8 Å². The number of carbonyl (C=O) groups excluding carboxylic acids is 1. The van der Waals surface area contributed by atoms with Crippen molar-refractivity contribution in [2.24, 2.45) is 0 Å². The second-order valence-electron chi connectivity index (χ2n) is 3.79. The number of phenolic OH excluding ortho intramolecular Hbond substituents is 1. The third-order valence-electron chi connectivity index (χ3n) is 2.35. The molecule has 0 fully saturated rings. The molecule has 0 saturated heterocycles. The molecule has 2 aromatic rings. The van der Waals surface area contributed by atoms with Gasteiger partial charge in [-0.1, -0.05) is 6.07 Å². The molecule has 0 unspecified atom stereocenters. The van der Waals surface area contributed by atoms with Gasteiger partial charge in [-0.05, 0) is 26.0 Å². The maximum Gasteiger partial charge on any atom is 0.325 e. The van der Waals surface area contributed by atoms with Crippen LogP contribution in [0.25, 0.3) is 0 Å². The Labute approximate surface area is 108 Å². The van der Waals surface area contributed by atoms with Crippen molar-refractivity contribution < 1.29 is 9.90 Å². The van der Waals surface area contributed by atoms with Crippen LogP contribution in [0, 0.1) is 13.8 Å². The van der Waals surface area contributed by atoms with Crippen LogP contribution in [-0.4, -0.2) is 16.1 Å². The van der Waals surface area contributed by atoms with E-state index in [0.29, 0.717) is 10.8 Å². The molecule has 2 rings (SSSR count). The van der Waals surface area contributed by atoms with Gasteiger partial charge in [-0.15, -0.1) is 11.3 Å². The minimum Gasteiger partial charge on any atom is -0.508 e. The quantitative estimate of drug-likeness (QED) is 0.779. The second-order valence-corrected chi connectivity index (χ2v) is 4.99. The molecule has 0 atom stereocenters. The molecule has 0 aliphatic rings. The van der Waals surface area contributed by atoms with Gasteiger partial charge in [0.1, 0.15) is 5.75 Å². The molecule has 0 radical (unpaired) electrons. The molecule has 1 aromatic heterocycles. The van der Waals surface area contributed by atoms with Crippen LogP contribution in [0.4, 0.5) is 15.6 Å². The Kier molecular flexibility index (Phi) is 3.47. The summed E-state index contributed by atoms with van der Waals surface area (Å²) in [5.41, 5.74) is 1.44. The normalized spacial score (nSPS) is 10.1. The van der Waals surface area contributed by atoms with E-state index in [-0.39, 0.29) is 11.8 Å². The van der Waals surface area contributed by atoms with Gasteiger partial charge < -0.3 is 10.4 Å². The van der Waals surface area contributed by atoms with E-state index < -0.39 is 0 Å². The van der Waals surface area contributed by atoms with Crippen LogP contribution in [0.5, 0.6) is 5.75 Å². The Morgan fingerprint density at radius 2 is 2.11 bits per heavy atom. The molecular weight excluding hydrogens is 250 g/mol. The molecule has 0 aliphatic heterocycles. The van der Waals surface area contributed by atoms with Crippen molar-refractivity contribution >= 4 is 28.2 Å². The number of rotatable bonds is 2. The highest BCUT2D eigenvalue weighted by Crippen LogP contribution is 2.21.